The largest absolute Gasteiger partial charge is 0.303 e. The molecule has 146 valence electrons. The first-order valence-electron chi connectivity index (χ1n) is 10.6. The van der Waals surface area contributed by atoms with Crippen molar-refractivity contribution < 1.29 is 4.48 Å². The van der Waals surface area contributed by atoms with E-state index in [1.165, 1.54) is 10.8 Å². The second-order valence-electron chi connectivity index (χ2n) is 7.60. The van der Waals surface area contributed by atoms with Crippen LogP contribution in [0.4, 0.5) is 0 Å². The summed E-state index contributed by atoms with van der Waals surface area (Å²) in [5.41, 5.74) is 2.20. The Morgan fingerprint density at radius 2 is 1.28 bits per heavy atom. The molecule has 0 heterocycles. The zero-order chi connectivity index (χ0) is 20.4. The molecule has 0 spiro atoms. The summed E-state index contributed by atoms with van der Waals surface area (Å²) in [5, 5.41) is 2.48. The second-order valence-corrected chi connectivity index (χ2v) is 7.60. The Labute approximate surface area is 176 Å². The molecular weight excluding hydrogens is 350 g/mol. The quantitative estimate of drug-likeness (QED) is 0.370. The molecule has 1 heteroatoms. The summed E-state index contributed by atoms with van der Waals surface area (Å²) < 4.78 is 0.949. The molecule has 0 radical (unpaired) electrons. The van der Waals surface area contributed by atoms with Gasteiger partial charge in [-0.05, 0) is 53.7 Å². The lowest BCUT2D eigenvalue weighted by atomic mass is 10.1. The molecule has 3 aromatic carbocycles. The molecule has 0 N–H and O–H groups in total. The van der Waals surface area contributed by atoms with Crippen molar-refractivity contribution in [1.82, 2.24) is 0 Å². The molecule has 1 nitrogen and oxygen atoms in total. The van der Waals surface area contributed by atoms with Gasteiger partial charge in [-0.15, -0.1) is 0 Å². The van der Waals surface area contributed by atoms with Gasteiger partial charge in [0.2, 0.25) is 0 Å². The van der Waals surface area contributed by atoms with Crippen molar-refractivity contribution in [2.75, 3.05) is 26.2 Å². The van der Waals surface area contributed by atoms with Gasteiger partial charge >= 0.3 is 0 Å². The van der Waals surface area contributed by atoms with E-state index in [4.69, 9.17) is 0 Å². The van der Waals surface area contributed by atoms with Crippen LogP contribution in [0.25, 0.3) is 10.8 Å². The average molecular weight is 381 g/mol. The van der Waals surface area contributed by atoms with Crippen molar-refractivity contribution in [3.8, 4) is 23.7 Å². The van der Waals surface area contributed by atoms with Gasteiger partial charge in [0, 0.05) is 11.1 Å². The number of hydrogen-bond donors (Lipinski definition) is 0. The predicted octanol–water partition coefficient (Wildman–Crippen LogP) is 5.88. The third-order valence-corrected chi connectivity index (χ3v) is 5.24. The maximum atomic E-state index is 3.51. The molecule has 0 saturated carbocycles. The first-order valence-corrected chi connectivity index (χ1v) is 10.6. The van der Waals surface area contributed by atoms with Crippen molar-refractivity contribution in [1.29, 1.82) is 0 Å². The van der Waals surface area contributed by atoms with Crippen LogP contribution in [-0.2, 0) is 0 Å². The van der Waals surface area contributed by atoms with Crippen LogP contribution in [0.2, 0.25) is 0 Å². The summed E-state index contributed by atoms with van der Waals surface area (Å²) in [7, 11) is 0. The SMILES string of the molecule is CCC[N+](CC#Cc1ccccc1)(CC#Cc1cccc2ccccc12)CCC. The Morgan fingerprint density at radius 1 is 0.655 bits per heavy atom. The molecule has 0 aliphatic rings. The molecule has 3 aromatic rings. The Hall–Kier alpha value is -3.00. The highest BCUT2D eigenvalue weighted by Gasteiger charge is 2.23. The number of nitrogens with zero attached hydrogens (tertiary/aromatic N) is 1. The number of benzene rings is 3. The molecule has 0 unspecified atom stereocenters. The highest BCUT2D eigenvalue weighted by Crippen LogP contribution is 2.17. The van der Waals surface area contributed by atoms with Gasteiger partial charge in [-0.2, -0.15) is 0 Å². The molecule has 0 aliphatic heterocycles. The lowest BCUT2D eigenvalue weighted by molar-refractivity contribution is -0.915. The summed E-state index contributed by atoms with van der Waals surface area (Å²) in [4.78, 5) is 0. The maximum Gasteiger partial charge on any atom is 0.142 e. The van der Waals surface area contributed by atoms with Crippen LogP contribution in [0, 0.1) is 23.7 Å². The average Bonchev–Trinajstić information content (AvgIpc) is 2.75. The number of rotatable bonds is 6. The van der Waals surface area contributed by atoms with E-state index in [0.717, 1.165) is 54.6 Å². The van der Waals surface area contributed by atoms with E-state index in [0.29, 0.717) is 0 Å². The second kappa shape index (κ2) is 10.5. The van der Waals surface area contributed by atoms with Gasteiger partial charge in [0.25, 0.3) is 0 Å². The predicted molar refractivity (Wildman–Crippen MR) is 124 cm³/mol. The molecular formula is C28H30N+. The van der Waals surface area contributed by atoms with Crippen molar-refractivity contribution in [3.63, 3.8) is 0 Å². The molecule has 0 bridgehead atoms. The van der Waals surface area contributed by atoms with E-state index in [9.17, 15) is 0 Å². The Bertz CT molecular complexity index is 1030. The molecule has 29 heavy (non-hydrogen) atoms. The fraction of sp³-hybridized carbons (Fsp3) is 0.286. The van der Waals surface area contributed by atoms with Crippen molar-refractivity contribution >= 4 is 10.8 Å². The number of quaternary nitrogens is 1. The standard InChI is InChI=1S/C28H30N/c1-3-21-29(22-4-2,23-11-15-25-13-6-5-7-14-25)24-12-19-27-18-10-17-26-16-8-9-20-28(26)27/h5-10,13-14,16-18,20H,3-4,21-24H2,1-2H3/q+1. The molecule has 0 aliphatic carbocycles. The Kier molecular flexibility index (Phi) is 7.52. The molecule has 0 aromatic heterocycles. The van der Waals surface area contributed by atoms with Crippen LogP contribution in [0.3, 0.4) is 0 Å². The number of fused-ring (bicyclic) bond motifs is 1. The van der Waals surface area contributed by atoms with Gasteiger partial charge < -0.3 is 4.48 Å². The monoisotopic (exact) mass is 380 g/mol. The summed E-state index contributed by atoms with van der Waals surface area (Å²) in [6.45, 7) is 8.43. The Balaban J connectivity index is 1.82. The van der Waals surface area contributed by atoms with Crippen molar-refractivity contribution in [2.24, 2.45) is 0 Å². The van der Waals surface area contributed by atoms with Crippen LogP contribution in [0.15, 0.2) is 72.8 Å². The molecule has 0 amide bonds. The third-order valence-electron chi connectivity index (χ3n) is 5.24. The van der Waals surface area contributed by atoms with Crippen LogP contribution in [-0.4, -0.2) is 30.7 Å². The van der Waals surface area contributed by atoms with Crippen LogP contribution in [0.5, 0.6) is 0 Å². The zero-order valence-corrected chi connectivity index (χ0v) is 17.6. The summed E-state index contributed by atoms with van der Waals surface area (Å²) >= 11 is 0. The minimum atomic E-state index is 0.842. The minimum Gasteiger partial charge on any atom is -0.303 e. The Morgan fingerprint density at radius 3 is 2.00 bits per heavy atom. The minimum absolute atomic E-state index is 0.842. The lowest BCUT2D eigenvalue weighted by Gasteiger charge is -2.35. The van der Waals surface area contributed by atoms with Crippen molar-refractivity contribution in [3.05, 3.63) is 83.9 Å². The van der Waals surface area contributed by atoms with Crippen molar-refractivity contribution in [2.45, 2.75) is 26.7 Å². The summed E-state index contributed by atoms with van der Waals surface area (Å²) in [6, 6.07) is 25.1. The number of hydrogen-bond acceptors (Lipinski definition) is 0. The van der Waals surface area contributed by atoms with Gasteiger partial charge in [-0.1, -0.05) is 80.3 Å². The maximum absolute atomic E-state index is 3.51. The van der Waals surface area contributed by atoms with E-state index < -0.39 is 0 Å². The summed E-state index contributed by atoms with van der Waals surface area (Å²) in [6.07, 6.45) is 2.28. The van der Waals surface area contributed by atoms with Gasteiger partial charge in [0.15, 0.2) is 0 Å². The van der Waals surface area contributed by atoms with Crippen LogP contribution < -0.4 is 0 Å². The van der Waals surface area contributed by atoms with E-state index in [1.54, 1.807) is 0 Å². The first kappa shape index (κ1) is 20.7. The van der Waals surface area contributed by atoms with Gasteiger partial charge in [0.1, 0.15) is 13.1 Å². The zero-order valence-electron chi connectivity index (χ0n) is 17.6. The van der Waals surface area contributed by atoms with E-state index >= 15 is 0 Å². The molecule has 0 fully saturated rings. The van der Waals surface area contributed by atoms with Crippen LogP contribution >= 0.6 is 0 Å². The first-order chi connectivity index (χ1) is 14.3. The fourth-order valence-corrected chi connectivity index (χ4v) is 3.90. The van der Waals surface area contributed by atoms with Gasteiger partial charge in [0.05, 0.1) is 13.1 Å². The smallest absolute Gasteiger partial charge is 0.142 e. The molecule has 0 atom stereocenters. The van der Waals surface area contributed by atoms with Gasteiger partial charge in [-0.25, -0.2) is 0 Å². The fourth-order valence-electron chi connectivity index (χ4n) is 3.90. The summed E-state index contributed by atoms with van der Waals surface area (Å²) in [5.74, 6) is 13.7. The highest BCUT2D eigenvalue weighted by molar-refractivity contribution is 5.88. The molecule has 3 rings (SSSR count). The van der Waals surface area contributed by atoms with E-state index in [2.05, 4.69) is 92.1 Å². The van der Waals surface area contributed by atoms with E-state index in [1.807, 2.05) is 18.2 Å². The normalized spacial score (nSPS) is 10.7. The third kappa shape index (κ3) is 5.74. The van der Waals surface area contributed by atoms with Crippen LogP contribution in [0.1, 0.15) is 37.8 Å². The van der Waals surface area contributed by atoms with Gasteiger partial charge in [-0.3, -0.25) is 0 Å². The lowest BCUT2D eigenvalue weighted by Crippen LogP contribution is -2.49. The topological polar surface area (TPSA) is 0 Å². The molecule has 0 saturated heterocycles. The highest BCUT2D eigenvalue weighted by atomic mass is 15.3. The van der Waals surface area contributed by atoms with E-state index in [-0.39, 0.29) is 0 Å².